The first kappa shape index (κ1) is 20.7. The molecule has 11 heteroatoms. The van der Waals surface area contributed by atoms with Crippen molar-refractivity contribution in [2.24, 2.45) is 5.92 Å². The fraction of sp³-hybridized carbons (Fsp3) is 0.263. The molecule has 0 unspecified atom stereocenters. The molecule has 1 N–H and O–H groups in total. The second kappa shape index (κ2) is 8.15. The van der Waals surface area contributed by atoms with Crippen LogP contribution in [0.3, 0.4) is 0 Å². The SMILES string of the molecule is COc1cc([N+](=O)[O-])ccc1N1C[C@H](C(=O)Nc2ccc(C)c([N+](=O)[O-])c2)CC1=O. The number of nitro groups is 2. The molecule has 0 bridgehead atoms. The molecule has 1 saturated heterocycles. The molecule has 1 fully saturated rings. The predicted octanol–water partition coefficient (Wildman–Crippen LogP) is 2.81. The van der Waals surface area contributed by atoms with Gasteiger partial charge in [0.15, 0.2) is 0 Å². The van der Waals surface area contributed by atoms with Crippen molar-refractivity contribution in [3.8, 4) is 5.75 Å². The first-order chi connectivity index (χ1) is 14.2. The van der Waals surface area contributed by atoms with E-state index >= 15 is 0 Å². The van der Waals surface area contributed by atoms with Crippen LogP contribution in [0.25, 0.3) is 0 Å². The van der Waals surface area contributed by atoms with Crippen LogP contribution >= 0.6 is 0 Å². The normalized spacial score (nSPS) is 15.7. The van der Waals surface area contributed by atoms with Crippen molar-refractivity contribution in [3.63, 3.8) is 0 Å². The number of non-ortho nitro benzene ring substituents is 1. The maximum atomic E-state index is 12.6. The monoisotopic (exact) mass is 414 g/mol. The number of aryl methyl sites for hydroxylation is 1. The third kappa shape index (κ3) is 4.04. The van der Waals surface area contributed by atoms with E-state index in [1.807, 2.05) is 0 Å². The van der Waals surface area contributed by atoms with Gasteiger partial charge in [0.05, 0.1) is 34.6 Å². The number of methoxy groups -OCH3 is 1. The van der Waals surface area contributed by atoms with E-state index in [4.69, 9.17) is 4.74 Å². The van der Waals surface area contributed by atoms with Gasteiger partial charge in [0.1, 0.15) is 5.75 Å². The molecule has 0 aromatic heterocycles. The van der Waals surface area contributed by atoms with E-state index in [1.165, 1.54) is 42.3 Å². The van der Waals surface area contributed by atoms with Gasteiger partial charge in [-0.25, -0.2) is 0 Å². The molecule has 1 aliphatic heterocycles. The average molecular weight is 414 g/mol. The van der Waals surface area contributed by atoms with Crippen LogP contribution in [0.4, 0.5) is 22.7 Å². The van der Waals surface area contributed by atoms with Crippen molar-refractivity contribution >= 4 is 34.6 Å². The van der Waals surface area contributed by atoms with Crippen molar-refractivity contribution in [1.29, 1.82) is 0 Å². The van der Waals surface area contributed by atoms with Crippen LogP contribution in [0.1, 0.15) is 12.0 Å². The number of anilines is 2. The van der Waals surface area contributed by atoms with Gasteiger partial charge in [0.2, 0.25) is 11.8 Å². The van der Waals surface area contributed by atoms with E-state index in [9.17, 15) is 29.8 Å². The zero-order valence-electron chi connectivity index (χ0n) is 16.2. The molecule has 2 aromatic rings. The largest absolute Gasteiger partial charge is 0.494 e. The topological polar surface area (TPSA) is 145 Å². The molecule has 0 saturated carbocycles. The van der Waals surface area contributed by atoms with Crippen molar-refractivity contribution in [2.45, 2.75) is 13.3 Å². The van der Waals surface area contributed by atoms with Crippen LogP contribution in [-0.2, 0) is 9.59 Å². The van der Waals surface area contributed by atoms with Gasteiger partial charge in [-0.1, -0.05) is 6.07 Å². The van der Waals surface area contributed by atoms with Gasteiger partial charge in [-0.05, 0) is 19.1 Å². The smallest absolute Gasteiger partial charge is 0.274 e. The summed E-state index contributed by atoms with van der Waals surface area (Å²) < 4.78 is 5.17. The fourth-order valence-corrected chi connectivity index (χ4v) is 3.25. The number of benzene rings is 2. The summed E-state index contributed by atoms with van der Waals surface area (Å²) in [6.07, 6.45) is -0.0695. The molecular weight excluding hydrogens is 396 g/mol. The Balaban J connectivity index is 1.77. The maximum absolute atomic E-state index is 12.6. The molecule has 30 heavy (non-hydrogen) atoms. The van der Waals surface area contributed by atoms with Gasteiger partial charge in [-0.3, -0.25) is 29.8 Å². The van der Waals surface area contributed by atoms with E-state index in [-0.39, 0.29) is 41.7 Å². The standard InChI is InChI=1S/C19H18N4O7/c1-11-3-4-13(8-16(11)23(28)29)20-19(25)12-7-18(24)21(10-12)15-6-5-14(22(26)27)9-17(15)30-2/h3-6,8-9,12H,7,10H2,1-2H3,(H,20,25)/t12-/m1/s1. The van der Waals surface area contributed by atoms with Gasteiger partial charge < -0.3 is 15.0 Å². The summed E-state index contributed by atoms with van der Waals surface area (Å²) in [6, 6.07) is 8.21. The van der Waals surface area contributed by atoms with Crippen LogP contribution in [0.15, 0.2) is 36.4 Å². The number of nitrogens with one attached hydrogen (secondary N) is 1. The molecule has 0 aliphatic carbocycles. The Bertz CT molecular complexity index is 1050. The van der Waals surface area contributed by atoms with Crippen LogP contribution in [-0.4, -0.2) is 35.3 Å². The lowest BCUT2D eigenvalue weighted by molar-refractivity contribution is -0.385. The quantitative estimate of drug-likeness (QED) is 0.565. The number of hydrogen-bond donors (Lipinski definition) is 1. The van der Waals surface area contributed by atoms with Crippen LogP contribution in [0, 0.1) is 33.1 Å². The number of hydrogen-bond acceptors (Lipinski definition) is 7. The number of nitro benzene ring substituents is 2. The Labute approximate surface area is 170 Å². The first-order valence-electron chi connectivity index (χ1n) is 8.90. The second-order valence-corrected chi connectivity index (χ2v) is 6.77. The maximum Gasteiger partial charge on any atom is 0.274 e. The molecule has 1 heterocycles. The van der Waals surface area contributed by atoms with Crippen molar-refractivity contribution in [2.75, 3.05) is 23.9 Å². The van der Waals surface area contributed by atoms with E-state index < -0.39 is 21.7 Å². The van der Waals surface area contributed by atoms with Gasteiger partial charge in [0, 0.05) is 36.3 Å². The average Bonchev–Trinajstić information content (AvgIpc) is 3.10. The van der Waals surface area contributed by atoms with Crippen LogP contribution < -0.4 is 15.0 Å². The van der Waals surface area contributed by atoms with Gasteiger partial charge in [-0.15, -0.1) is 0 Å². The van der Waals surface area contributed by atoms with E-state index in [1.54, 1.807) is 13.0 Å². The highest BCUT2D eigenvalue weighted by Crippen LogP contribution is 2.36. The highest BCUT2D eigenvalue weighted by molar-refractivity contribution is 6.04. The number of rotatable bonds is 6. The van der Waals surface area contributed by atoms with Crippen LogP contribution in [0.2, 0.25) is 0 Å². The molecule has 2 amide bonds. The molecule has 2 aromatic carbocycles. The molecule has 1 atom stereocenters. The van der Waals surface area contributed by atoms with Crippen molar-refractivity contribution in [1.82, 2.24) is 0 Å². The number of amides is 2. The lowest BCUT2D eigenvalue weighted by Gasteiger charge is -2.19. The summed E-state index contributed by atoms with van der Waals surface area (Å²) >= 11 is 0. The minimum absolute atomic E-state index is 0.0484. The number of ether oxygens (including phenoxy) is 1. The molecule has 0 spiro atoms. The zero-order chi connectivity index (χ0) is 22.0. The second-order valence-electron chi connectivity index (χ2n) is 6.77. The molecule has 3 rings (SSSR count). The highest BCUT2D eigenvalue weighted by atomic mass is 16.6. The van der Waals surface area contributed by atoms with E-state index in [2.05, 4.69) is 5.32 Å². The third-order valence-corrected chi connectivity index (χ3v) is 4.83. The summed E-state index contributed by atoms with van der Waals surface area (Å²) in [7, 11) is 1.33. The highest BCUT2D eigenvalue weighted by Gasteiger charge is 2.36. The van der Waals surface area contributed by atoms with Crippen molar-refractivity contribution in [3.05, 3.63) is 62.2 Å². The molecule has 0 radical (unpaired) electrons. The molecular formula is C19H18N4O7. The summed E-state index contributed by atoms with van der Waals surface area (Å²) in [5.74, 6) is -1.34. The lowest BCUT2D eigenvalue weighted by atomic mass is 10.1. The third-order valence-electron chi connectivity index (χ3n) is 4.83. The van der Waals surface area contributed by atoms with Gasteiger partial charge in [0.25, 0.3) is 11.4 Å². The van der Waals surface area contributed by atoms with E-state index in [0.717, 1.165) is 0 Å². The molecule has 1 aliphatic rings. The Morgan fingerprint density at radius 3 is 2.53 bits per heavy atom. The number of carbonyl (C=O) groups is 2. The Morgan fingerprint density at radius 2 is 1.90 bits per heavy atom. The molecule has 11 nitrogen and oxygen atoms in total. The van der Waals surface area contributed by atoms with E-state index in [0.29, 0.717) is 11.3 Å². The Kier molecular flexibility index (Phi) is 5.63. The van der Waals surface area contributed by atoms with Gasteiger partial charge in [-0.2, -0.15) is 0 Å². The fourth-order valence-electron chi connectivity index (χ4n) is 3.25. The Hall–Kier alpha value is -4.02. The zero-order valence-corrected chi connectivity index (χ0v) is 16.2. The minimum Gasteiger partial charge on any atom is -0.494 e. The Morgan fingerprint density at radius 1 is 1.17 bits per heavy atom. The lowest BCUT2D eigenvalue weighted by Crippen LogP contribution is -2.28. The minimum atomic E-state index is -0.697. The van der Waals surface area contributed by atoms with Crippen LogP contribution in [0.5, 0.6) is 5.75 Å². The number of nitrogens with zero attached hydrogens (tertiary/aromatic N) is 3. The summed E-state index contributed by atoms with van der Waals surface area (Å²) in [4.78, 5) is 47.3. The summed E-state index contributed by atoms with van der Waals surface area (Å²) in [6.45, 7) is 1.64. The summed E-state index contributed by atoms with van der Waals surface area (Å²) in [5, 5.41) is 24.6. The number of carbonyl (C=O) groups excluding carboxylic acids is 2. The summed E-state index contributed by atoms with van der Waals surface area (Å²) in [5.41, 5.74) is 0.751. The predicted molar refractivity (Wildman–Crippen MR) is 107 cm³/mol. The molecule has 156 valence electrons. The van der Waals surface area contributed by atoms with Gasteiger partial charge >= 0.3 is 0 Å². The van der Waals surface area contributed by atoms with Crippen molar-refractivity contribution < 1.29 is 24.2 Å². The first-order valence-corrected chi connectivity index (χ1v) is 8.90.